The van der Waals surface area contributed by atoms with E-state index in [1.165, 1.54) is 18.0 Å². The fraction of sp³-hybridized carbons (Fsp3) is 0.500. The van der Waals surface area contributed by atoms with Crippen molar-refractivity contribution in [3.05, 3.63) is 16.3 Å². The first kappa shape index (κ1) is 11.7. The highest BCUT2D eigenvalue weighted by atomic mass is 32.2. The molecule has 0 spiro atoms. The van der Waals surface area contributed by atoms with E-state index in [4.69, 9.17) is 0 Å². The molecule has 0 atom stereocenters. The molecule has 1 aromatic rings. The van der Waals surface area contributed by atoms with Crippen LogP contribution >= 0.6 is 11.8 Å². The average Bonchev–Trinajstić information content (AvgIpc) is 2.25. The van der Waals surface area contributed by atoms with Crippen molar-refractivity contribution < 1.29 is 4.92 Å². The summed E-state index contributed by atoms with van der Waals surface area (Å²) in [6.07, 6.45) is 3.94. The van der Waals surface area contributed by atoms with Crippen molar-refractivity contribution in [2.45, 2.75) is 18.4 Å². The van der Waals surface area contributed by atoms with Crippen LogP contribution in [0.3, 0.4) is 0 Å². The zero-order chi connectivity index (χ0) is 11.3. The van der Waals surface area contributed by atoms with Crippen LogP contribution in [0.2, 0.25) is 0 Å². The van der Waals surface area contributed by atoms with Gasteiger partial charge in [-0.1, -0.05) is 6.92 Å². The number of aromatic nitrogens is 2. The minimum absolute atomic E-state index is 0.0513. The van der Waals surface area contributed by atoms with E-state index in [0.29, 0.717) is 11.0 Å². The molecule has 1 N–H and O–H groups in total. The average molecular weight is 228 g/mol. The zero-order valence-corrected chi connectivity index (χ0v) is 9.37. The Bertz CT molecular complexity index is 358. The topological polar surface area (TPSA) is 81.0 Å². The normalized spacial score (nSPS) is 10.0. The van der Waals surface area contributed by atoms with Crippen molar-refractivity contribution in [2.24, 2.45) is 0 Å². The molecule has 0 bridgehead atoms. The van der Waals surface area contributed by atoms with Crippen LogP contribution < -0.4 is 5.32 Å². The molecular weight excluding hydrogens is 216 g/mol. The van der Waals surface area contributed by atoms with Gasteiger partial charge in [0.05, 0.1) is 4.92 Å². The third-order valence-electron chi connectivity index (χ3n) is 1.66. The largest absolute Gasteiger partial charge is 0.354 e. The lowest BCUT2D eigenvalue weighted by Gasteiger charge is -2.03. The quantitative estimate of drug-likeness (QED) is 0.359. The summed E-state index contributed by atoms with van der Waals surface area (Å²) in [7, 11) is 0. The minimum Gasteiger partial charge on any atom is -0.354 e. The second-order valence-corrected chi connectivity index (χ2v) is 3.57. The molecule has 0 unspecified atom stereocenters. The van der Waals surface area contributed by atoms with Crippen molar-refractivity contribution in [1.82, 2.24) is 9.97 Å². The molecule has 0 fully saturated rings. The molecule has 0 aromatic carbocycles. The number of thioether (sulfide) groups is 1. The van der Waals surface area contributed by atoms with E-state index in [-0.39, 0.29) is 5.69 Å². The van der Waals surface area contributed by atoms with E-state index in [1.807, 2.05) is 6.92 Å². The lowest BCUT2D eigenvalue weighted by atomic mass is 10.5. The maximum atomic E-state index is 10.6. The number of hydrogen-bond donors (Lipinski definition) is 1. The van der Waals surface area contributed by atoms with Gasteiger partial charge in [-0.15, -0.1) is 11.8 Å². The van der Waals surface area contributed by atoms with Crippen LogP contribution in [0.4, 0.5) is 11.6 Å². The molecule has 0 amide bonds. The van der Waals surface area contributed by atoms with Gasteiger partial charge in [-0.3, -0.25) is 10.1 Å². The highest BCUT2D eigenvalue weighted by molar-refractivity contribution is 7.98. The van der Waals surface area contributed by atoms with Gasteiger partial charge >= 0.3 is 5.69 Å². The zero-order valence-electron chi connectivity index (χ0n) is 8.56. The maximum absolute atomic E-state index is 10.6. The molecule has 0 aliphatic heterocycles. The molecule has 1 heterocycles. The van der Waals surface area contributed by atoms with Crippen LogP contribution in [0, 0.1) is 10.1 Å². The summed E-state index contributed by atoms with van der Waals surface area (Å²) in [5, 5.41) is 14.0. The standard InChI is InChI=1S/C8H12N4O2S/c1-3-4-9-8-10-5-6(12(13)14)7(11-8)15-2/h5H,3-4H2,1-2H3,(H,9,10,11). The molecule has 6 nitrogen and oxygen atoms in total. The number of hydrogen-bond acceptors (Lipinski definition) is 6. The van der Waals surface area contributed by atoms with Crippen molar-refractivity contribution in [3.63, 3.8) is 0 Å². The SMILES string of the molecule is CCCNc1ncc([N+](=O)[O-])c(SC)n1. The molecule has 82 valence electrons. The Morgan fingerprint density at radius 3 is 2.93 bits per heavy atom. The van der Waals surface area contributed by atoms with Gasteiger partial charge < -0.3 is 5.32 Å². The van der Waals surface area contributed by atoms with Gasteiger partial charge in [-0.2, -0.15) is 4.98 Å². The van der Waals surface area contributed by atoms with E-state index in [1.54, 1.807) is 6.26 Å². The number of nitro groups is 1. The van der Waals surface area contributed by atoms with Gasteiger partial charge in [0.2, 0.25) is 5.95 Å². The molecular formula is C8H12N4O2S. The molecule has 1 aromatic heterocycles. The molecule has 0 radical (unpaired) electrons. The lowest BCUT2D eigenvalue weighted by molar-refractivity contribution is -0.388. The molecule has 0 aliphatic carbocycles. The summed E-state index contributed by atoms with van der Waals surface area (Å²) >= 11 is 1.24. The summed E-state index contributed by atoms with van der Waals surface area (Å²) in [6.45, 7) is 2.78. The van der Waals surface area contributed by atoms with Crippen LogP contribution in [0.25, 0.3) is 0 Å². The first-order valence-corrected chi connectivity index (χ1v) is 5.70. The summed E-state index contributed by atoms with van der Waals surface area (Å²) in [4.78, 5) is 18.0. The molecule has 7 heteroatoms. The molecule has 0 saturated carbocycles. The maximum Gasteiger partial charge on any atom is 0.319 e. The van der Waals surface area contributed by atoms with E-state index in [2.05, 4.69) is 15.3 Å². The van der Waals surface area contributed by atoms with Crippen LogP contribution in [-0.4, -0.2) is 27.7 Å². The Hall–Kier alpha value is -1.37. The Labute approximate surface area is 91.7 Å². The predicted molar refractivity (Wildman–Crippen MR) is 59.2 cm³/mol. The second-order valence-electron chi connectivity index (χ2n) is 2.77. The highest BCUT2D eigenvalue weighted by Gasteiger charge is 2.15. The monoisotopic (exact) mass is 228 g/mol. The van der Waals surface area contributed by atoms with Crippen molar-refractivity contribution in [2.75, 3.05) is 18.1 Å². The Morgan fingerprint density at radius 1 is 1.67 bits per heavy atom. The molecule has 0 saturated heterocycles. The second kappa shape index (κ2) is 5.50. The van der Waals surface area contributed by atoms with Crippen LogP contribution in [-0.2, 0) is 0 Å². The smallest absolute Gasteiger partial charge is 0.319 e. The predicted octanol–water partition coefficient (Wildman–Crippen LogP) is 1.93. The first-order chi connectivity index (χ1) is 7.19. The molecule has 15 heavy (non-hydrogen) atoms. The summed E-state index contributed by atoms with van der Waals surface area (Å²) < 4.78 is 0. The summed E-state index contributed by atoms with van der Waals surface area (Å²) in [5.41, 5.74) is -0.0513. The summed E-state index contributed by atoms with van der Waals surface area (Å²) in [5.74, 6) is 0.437. The van der Waals surface area contributed by atoms with Gasteiger partial charge in [0.15, 0.2) is 5.03 Å². The van der Waals surface area contributed by atoms with Crippen molar-refractivity contribution in [1.29, 1.82) is 0 Å². The van der Waals surface area contributed by atoms with E-state index in [9.17, 15) is 10.1 Å². The lowest BCUT2D eigenvalue weighted by Crippen LogP contribution is -2.05. The van der Waals surface area contributed by atoms with E-state index in [0.717, 1.165) is 13.0 Å². The highest BCUT2D eigenvalue weighted by Crippen LogP contribution is 2.24. The third kappa shape index (κ3) is 3.05. The fourth-order valence-corrected chi connectivity index (χ4v) is 1.47. The first-order valence-electron chi connectivity index (χ1n) is 4.48. The Balaban J connectivity index is 2.92. The van der Waals surface area contributed by atoms with Crippen LogP contribution in [0.15, 0.2) is 11.2 Å². The van der Waals surface area contributed by atoms with Gasteiger partial charge in [0.1, 0.15) is 6.20 Å². The van der Waals surface area contributed by atoms with Crippen molar-refractivity contribution in [3.8, 4) is 0 Å². The van der Waals surface area contributed by atoms with Crippen LogP contribution in [0.5, 0.6) is 0 Å². The van der Waals surface area contributed by atoms with Gasteiger partial charge in [0.25, 0.3) is 0 Å². The molecule has 0 aliphatic rings. The number of nitrogens with zero attached hydrogens (tertiary/aromatic N) is 3. The van der Waals surface area contributed by atoms with E-state index >= 15 is 0 Å². The van der Waals surface area contributed by atoms with Gasteiger partial charge in [-0.05, 0) is 12.7 Å². The third-order valence-corrected chi connectivity index (χ3v) is 2.35. The summed E-state index contributed by atoms with van der Waals surface area (Å²) in [6, 6.07) is 0. The van der Waals surface area contributed by atoms with Crippen molar-refractivity contribution >= 4 is 23.4 Å². The minimum atomic E-state index is -0.477. The van der Waals surface area contributed by atoms with Gasteiger partial charge in [-0.25, -0.2) is 4.98 Å². The Morgan fingerprint density at radius 2 is 2.40 bits per heavy atom. The number of rotatable bonds is 5. The van der Waals surface area contributed by atoms with E-state index < -0.39 is 4.92 Å². The van der Waals surface area contributed by atoms with Crippen LogP contribution in [0.1, 0.15) is 13.3 Å². The Kier molecular flexibility index (Phi) is 4.29. The van der Waals surface area contributed by atoms with Gasteiger partial charge in [0, 0.05) is 6.54 Å². The number of nitrogens with one attached hydrogen (secondary N) is 1. The molecule has 1 rings (SSSR count). The number of anilines is 1. The fourth-order valence-electron chi connectivity index (χ4n) is 0.957.